The molecule has 0 bridgehead atoms. The molecule has 0 fully saturated rings. The van der Waals surface area contributed by atoms with Crippen LogP contribution in [0.25, 0.3) is 32.3 Å². The second-order valence-electron chi connectivity index (χ2n) is 11.0. The lowest BCUT2D eigenvalue weighted by Crippen LogP contribution is -2.06. The fraction of sp³-hybridized carbons (Fsp3) is 0. The molecular weight excluding hydrogens is 943 g/mol. The minimum atomic E-state index is -5.15. The van der Waals surface area contributed by atoms with Crippen LogP contribution in [-0.2, 0) is 60.7 Å². The second-order valence-corrected chi connectivity index (χ2v) is 19.0. The third kappa shape index (κ3) is 11.4. The van der Waals surface area contributed by atoms with Crippen molar-refractivity contribution in [3.05, 3.63) is 91.0 Å². The van der Waals surface area contributed by atoms with E-state index >= 15 is 0 Å². The van der Waals surface area contributed by atoms with Gasteiger partial charge in [0.15, 0.2) is 17.2 Å². The Bertz CT molecular complexity index is 2970. The maximum Gasteiger partial charge on any atom is 0.151 e. The van der Waals surface area contributed by atoms with Crippen LogP contribution >= 0.6 is 0 Å². The molecule has 0 aromatic heterocycles. The van der Waals surface area contributed by atoms with Crippen LogP contribution < -0.4 is 0 Å². The van der Waals surface area contributed by atoms with Crippen molar-refractivity contribution >= 4 is 128 Å². The van der Waals surface area contributed by atoms with Crippen LogP contribution in [0.5, 0.6) is 17.2 Å². The molecule has 0 amide bonds. The summed E-state index contributed by atoms with van der Waals surface area (Å²) in [6.45, 7) is 0. The highest BCUT2D eigenvalue weighted by Gasteiger charge is 2.23. The van der Waals surface area contributed by atoms with E-state index in [4.69, 9.17) is 0 Å². The fourth-order valence-corrected chi connectivity index (χ4v) is 9.60. The van der Waals surface area contributed by atoms with Crippen LogP contribution in [0.4, 0.5) is 0 Å². The molecule has 0 unspecified atom stereocenters. The van der Waals surface area contributed by atoms with E-state index in [1.54, 1.807) is 0 Å². The monoisotopic (exact) mass is 960 g/mol. The lowest BCUT2D eigenvalue weighted by Gasteiger charge is -2.17. The Morgan fingerprint density at radius 2 is 0.508 bits per heavy atom. The highest BCUT2D eigenvalue weighted by Crippen LogP contribution is 2.39. The molecule has 29 heteroatoms. The number of hydrogen-bond acceptors (Lipinski definition) is 21. The van der Waals surface area contributed by atoms with Crippen LogP contribution in [0.15, 0.2) is 120 Å². The summed E-state index contributed by atoms with van der Waals surface area (Å²) < 4.78 is 199. The summed E-state index contributed by atoms with van der Waals surface area (Å²) in [4.78, 5) is -6.75. The minimum absolute atomic E-state index is 0. The molecule has 6 rings (SSSR count). The average molecular weight is 961 g/mol. The summed E-state index contributed by atoms with van der Waals surface area (Å²) in [6.07, 6.45) is 0. The molecule has 0 spiro atoms. The zero-order valence-electron chi connectivity index (χ0n) is 28.5. The molecule has 0 aliphatic heterocycles. The molecule has 0 aliphatic carbocycles. The Kier molecular flexibility index (Phi) is 15.6. The van der Waals surface area contributed by atoms with Crippen molar-refractivity contribution in [2.75, 3.05) is 0 Å². The molecule has 0 saturated heterocycles. The van der Waals surface area contributed by atoms with Gasteiger partial charge in [0.25, 0.3) is 0 Å². The van der Waals surface area contributed by atoms with E-state index in [2.05, 4.69) is 0 Å². The Hall–Kier alpha value is -3.98. The summed E-state index contributed by atoms with van der Waals surface area (Å²) in [5, 5.41) is 28.5. The van der Waals surface area contributed by atoms with Crippen LogP contribution in [0.2, 0.25) is 0 Å². The van der Waals surface area contributed by atoms with Gasteiger partial charge in [0.05, 0.1) is 14.7 Å². The van der Waals surface area contributed by atoms with Gasteiger partial charge in [-0.15, -0.1) is 0 Å². The molecule has 0 atom stereocenters. The molecule has 0 heterocycles. The van der Waals surface area contributed by atoms with Gasteiger partial charge >= 0.3 is 0 Å². The summed E-state index contributed by atoms with van der Waals surface area (Å²) in [7, 11) is -30.8. The third-order valence-electron chi connectivity index (χ3n) is 7.38. The number of phenolic OH excluding ortho intramolecular Hbond substituents is 3. The van der Waals surface area contributed by atoms with Crippen molar-refractivity contribution in [3.8, 4) is 17.2 Å². The third-order valence-corrected chi connectivity index (χ3v) is 12.7. The van der Waals surface area contributed by atoms with E-state index in [0.717, 1.165) is 18.2 Å². The van der Waals surface area contributed by atoms with Crippen LogP contribution in [0, 0.1) is 0 Å². The van der Waals surface area contributed by atoms with Crippen LogP contribution in [0.1, 0.15) is 0 Å². The lowest BCUT2D eigenvalue weighted by atomic mass is 10.1. The molecule has 6 aromatic carbocycles. The van der Waals surface area contributed by atoms with Gasteiger partial charge in [-0.1, -0.05) is 72.8 Å². The van der Waals surface area contributed by atoms with Crippen molar-refractivity contribution in [1.29, 1.82) is 0 Å². The SMILES string of the molecule is O=S(=O)([O-])c1cc2ccccc2c(S(=O)(=O)[O-])c1O.O=S(=O)([O-])c1cc2ccccc2c(S(=O)(=O)[O-])c1O.O=S(=O)([O-])c1cc2ccccc2c(S(=O)(=O)[O-])c1O.[Al].[Al]. The number of phenols is 3. The normalized spacial score (nSPS) is 12.3. The van der Waals surface area contributed by atoms with E-state index in [9.17, 15) is 93.1 Å². The maximum atomic E-state index is 11.1. The number of rotatable bonds is 6. The lowest BCUT2D eigenvalue weighted by molar-refractivity contribution is 0.414. The largest absolute Gasteiger partial charge is 0.744 e. The van der Waals surface area contributed by atoms with E-state index < -0.39 is 107 Å². The van der Waals surface area contributed by atoms with Crippen LogP contribution in [-0.4, -0.2) is 128 Å². The molecule has 3 N–H and O–H groups in total. The molecule has 0 aliphatic rings. The predicted octanol–water partition coefficient (Wildman–Crippen LogP) is 0.299. The fourth-order valence-electron chi connectivity index (χ4n) is 5.17. The number of fused-ring (bicyclic) bond motifs is 3. The Morgan fingerprint density at radius 1 is 0.322 bits per heavy atom. The van der Waals surface area contributed by atoms with Gasteiger partial charge in [-0.3, -0.25) is 0 Å². The summed E-state index contributed by atoms with van der Waals surface area (Å²) >= 11 is 0. The van der Waals surface area contributed by atoms with Crippen molar-refractivity contribution in [2.24, 2.45) is 0 Å². The topological polar surface area (TPSA) is 404 Å². The molecule has 312 valence electrons. The van der Waals surface area contributed by atoms with Crippen LogP contribution in [0.3, 0.4) is 0 Å². The van der Waals surface area contributed by atoms with Gasteiger partial charge in [-0.05, 0) is 34.4 Å². The van der Waals surface area contributed by atoms with Gasteiger partial charge in [-0.2, -0.15) is 0 Å². The van der Waals surface area contributed by atoms with E-state index in [1.807, 2.05) is 0 Å². The zero-order chi connectivity index (χ0) is 43.3. The number of hydrogen-bond donors (Lipinski definition) is 3. The first kappa shape index (κ1) is 51.2. The Balaban J connectivity index is 0.000000300. The van der Waals surface area contributed by atoms with Gasteiger partial charge < -0.3 is 42.6 Å². The highest BCUT2D eigenvalue weighted by atomic mass is 32.2. The van der Waals surface area contributed by atoms with E-state index in [0.29, 0.717) is 0 Å². The van der Waals surface area contributed by atoms with Crippen molar-refractivity contribution in [1.82, 2.24) is 0 Å². The standard InChI is InChI=1S/3C10H8O7S2.2Al/c3*11-9-8(18(12,13)14)5-6-3-1-2-4-7(6)10(9)19(15,16)17;;/h3*1-5,11H,(H,12,13,14)(H,15,16,17);;/p-6. The smallest absolute Gasteiger partial charge is 0.151 e. The van der Waals surface area contributed by atoms with Crippen molar-refractivity contribution in [3.63, 3.8) is 0 Å². The minimum Gasteiger partial charge on any atom is -0.744 e. The Labute approximate surface area is 356 Å². The van der Waals surface area contributed by atoms with Crippen molar-refractivity contribution in [2.45, 2.75) is 29.4 Å². The van der Waals surface area contributed by atoms with Gasteiger partial charge in [0.2, 0.25) is 0 Å². The van der Waals surface area contributed by atoms with Gasteiger partial charge in [0, 0.05) is 50.9 Å². The predicted molar refractivity (Wildman–Crippen MR) is 196 cm³/mol. The summed E-state index contributed by atoms with van der Waals surface area (Å²) in [6, 6.07) is 18.7. The zero-order valence-corrected chi connectivity index (χ0v) is 35.7. The van der Waals surface area contributed by atoms with Gasteiger partial charge in [-0.25, -0.2) is 50.5 Å². The van der Waals surface area contributed by atoms with E-state index in [1.165, 1.54) is 72.8 Å². The molecule has 6 radical (unpaired) electrons. The summed E-state index contributed by atoms with van der Waals surface area (Å²) in [5.74, 6) is -4.03. The first-order chi connectivity index (χ1) is 25.9. The van der Waals surface area contributed by atoms with E-state index in [-0.39, 0.29) is 67.0 Å². The first-order valence-electron chi connectivity index (χ1n) is 14.4. The molecule has 21 nitrogen and oxygen atoms in total. The molecular formula is C30H18Al2O21S6-6. The highest BCUT2D eigenvalue weighted by molar-refractivity contribution is 7.88. The van der Waals surface area contributed by atoms with Gasteiger partial charge in [0.1, 0.15) is 75.4 Å². The first-order valence-corrected chi connectivity index (χ1v) is 22.8. The number of aromatic hydroxyl groups is 3. The average Bonchev–Trinajstić information content (AvgIpc) is 3.04. The van der Waals surface area contributed by atoms with Crippen molar-refractivity contribution < 1.29 is 93.1 Å². The molecule has 6 aromatic rings. The second kappa shape index (κ2) is 17.9. The molecule has 59 heavy (non-hydrogen) atoms. The Morgan fingerprint density at radius 3 is 0.678 bits per heavy atom. The molecule has 0 saturated carbocycles. The maximum absolute atomic E-state index is 11.1. The quantitative estimate of drug-likeness (QED) is 0.149. The number of benzene rings is 6. The summed E-state index contributed by atoms with van der Waals surface area (Å²) in [5.41, 5.74) is 0.